The molecular formula is C14H20N2O3S. The Labute approximate surface area is 122 Å². The highest BCUT2D eigenvalue weighted by Gasteiger charge is 2.35. The lowest BCUT2D eigenvalue weighted by Crippen LogP contribution is -2.41. The molecule has 0 bridgehead atoms. The SMILES string of the molecule is CC(NC(=O)C1(C)CCCCC1)c1nc(C(=O)O)cs1. The van der Waals surface area contributed by atoms with Crippen LogP contribution in [0.15, 0.2) is 5.38 Å². The van der Waals surface area contributed by atoms with E-state index in [2.05, 4.69) is 10.3 Å². The lowest BCUT2D eigenvalue weighted by atomic mass is 9.75. The molecule has 5 nitrogen and oxygen atoms in total. The van der Waals surface area contributed by atoms with Gasteiger partial charge in [0, 0.05) is 10.8 Å². The summed E-state index contributed by atoms with van der Waals surface area (Å²) < 4.78 is 0. The van der Waals surface area contributed by atoms with Crippen molar-refractivity contribution in [1.29, 1.82) is 0 Å². The van der Waals surface area contributed by atoms with E-state index in [4.69, 9.17) is 5.11 Å². The Bertz CT molecular complexity index is 506. The van der Waals surface area contributed by atoms with Crippen molar-refractivity contribution in [2.24, 2.45) is 5.41 Å². The summed E-state index contributed by atoms with van der Waals surface area (Å²) in [4.78, 5) is 27.2. The molecule has 20 heavy (non-hydrogen) atoms. The molecule has 2 rings (SSSR count). The van der Waals surface area contributed by atoms with E-state index < -0.39 is 5.97 Å². The molecule has 1 aromatic heterocycles. The average molecular weight is 296 g/mol. The number of nitrogens with zero attached hydrogens (tertiary/aromatic N) is 1. The van der Waals surface area contributed by atoms with Crippen LogP contribution in [-0.2, 0) is 4.79 Å². The molecule has 6 heteroatoms. The van der Waals surface area contributed by atoms with Crippen LogP contribution < -0.4 is 5.32 Å². The number of carbonyl (C=O) groups is 2. The zero-order valence-electron chi connectivity index (χ0n) is 11.8. The molecule has 0 radical (unpaired) electrons. The van der Waals surface area contributed by atoms with Crippen molar-refractivity contribution >= 4 is 23.2 Å². The van der Waals surface area contributed by atoms with Crippen molar-refractivity contribution in [2.45, 2.75) is 52.0 Å². The number of thiazole rings is 1. The minimum absolute atomic E-state index is 0.0370. The van der Waals surface area contributed by atoms with Gasteiger partial charge < -0.3 is 10.4 Å². The van der Waals surface area contributed by atoms with Gasteiger partial charge in [-0.25, -0.2) is 9.78 Å². The van der Waals surface area contributed by atoms with Gasteiger partial charge in [0.15, 0.2) is 5.69 Å². The van der Waals surface area contributed by atoms with Crippen LogP contribution in [0.3, 0.4) is 0 Å². The summed E-state index contributed by atoms with van der Waals surface area (Å²) in [6.07, 6.45) is 5.23. The van der Waals surface area contributed by atoms with Crippen molar-refractivity contribution in [1.82, 2.24) is 10.3 Å². The van der Waals surface area contributed by atoms with E-state index >= 15 is 0 Å². The van der Waals surface area contributed by atoms with E-state index in [1.165, 1.54) is 23.1 Å². The monoisotopic (exact) mass is 296 g/mol. The smallest absolute Gasteiger partial charge is 0.355 e. The third kappa shape index (κ3) is 3.17. The van der Waals surface area contributed by atoms with Crippen molar-refractivity contribution in [2.75, 3.05) is 0 Å². The van der Waals surface area contributed by atoms with Crippen molar-refractivity contribution < 1.29 is 14.7 Å². The maximum Gasteiger partial charge on any atom is 0.355 e. The van der Waals surface area contributed by atoms with Crippen LogP contribution in [0.25, 0.3) is 0 Å². The predicted octanol–water partition coefficient (Wildman–Crippen LogP) is 2.99. The molecule has 1 heterocycles. The Morgan fingerprint density at radius 3 is 2.60 bits per heavy atom. The van der Waals surface area contributed by atoms with Crippen LogP contribution in [-0.4, -0.2) is 22.0 Å². The van der Waals surface area contributed by atoms with Crippen molar-refractivity contribution in [3.8, 4) is 0 Å². The summed E-state index contributed by atoms with van der Waals surface area (Å²) >= 11 is 1.27. The summed E-state index contributed by atoms with van der Waals surface area (Å²) in [6.45, 7) is 3.85. The molecule has 1 aliphatic rings. The molecule has 1 amide bonds. The van der Waals surface area contributed by atoms with Gasteiger partial charge in [-0.3, -0.25) is 4.79 Å². The molecule has 110 valence electrons. The normalized spacial score (nSPS) is 19.3. The summed E-state index contributed by atoms with van der Waals surface area (Å²) in [7, 11) is 0. The highest BCUT2D eigenvalue weighted by molar-refractivity contribution is 7.09. The molecule has 2 N–H and O–H groups in total. The molecule has 1 saturated carbocycles. The zero-order valence-corrected chi connectivity index (χ0v) is 12.6. The summed E-state index contributed by atoms with van der Waals surface area (Å²) in [5.41, 5.74) is -0.255. The van der Waals surface area contributed by atoms with Crippen LogP contribution >= 0.6 is 11.3 Å². The quantitative estimate of drug-likeness (QED) is 0.895. The van der Waals surface area contributed by atoms with Gasteiger partial charge in [0.25, 0.3) is 0 Å². The summed E-state index contributed by atoms with van der Waals surface area (Å²) in [5.74, 6) is -0.984. The fourth-order valence-corrected chi connectivity index (χ4v) is 3.38. The standard InChI is InChI=1S/C14H20N2O3S/c1-9(11-16-10(8-20-11)12(17)18)15-13(19)14(2)6-4-3-5-7-14/h8-9H,3-7H2,1-2H3,(H,15,19)(H,17,18). The highest BCUT2D eigenvalue weighted by atomic mass is 32.1. The number of amides is 1. The van der Waals surface area contributed by atoms with Gasteiger partial charge in [-0.2, -0.15) is 0 Å². The first-order valence-electron chi connectivity index (χ1n) is 6.92. The molecule has 1 fully saturated rings. The van der Waals surface area contributed by atoms with E-state index in [9.17, 15) is 9.59 Å². The fraction of sp³-hybridized carbons (Fsp3) is 0.643. The van der Waals surface area contributed by atoms with Crippen molar-refractivity contribution in [3.05, 3.63) is 16.1 Å². The lowest BCUT2D eigenvalue weighted by Gasteiger charge is -2.32. The van der Waals surface area contributed by atoms with E-state index in [1.807, 2.05) is 13.8 Å². The maximum absolute atomic E-state index is 12.4. The molecule has 1 aromatic rings. The molecule has 1 unspecified atom stereocenters. The molecular weight excluding hydrogens is 276 g/mol. The lowest BCUT2D eigenvalue weighted by molar-refractivity contribution is -0.132. The van der Waals surface area contributed by atoms with Gasteiger partial charge in [-0.05, 0) is 19.8 Å². The van der Waals surface area contributed by atoms with E-state index in [1.54, 1.807) is 0 Å². The van der Waals surface area contributed by atoms with Gasteiger partial charge >= 0.3 is 5.97 Å². The Morgan fingerprint density at radius 1 is 1.40 bits per heavy atom. The molecule has 0 aliphatic heterocycles. The fourth-order valence-electron chi connectivity index (χ4n) is 2.58. The first kappa shape index (κ1) is 15.0. The first-order chi connectivity index (χ1) is 9.42. The van der Waals surface area contributed by atoms with Gasteiger partial charge in [0.05, 0.1) is 6.04 Å². The number of carbonyl (C=O) groups excluding carboxylic acids is 1. The third-order valence-corrected chi connectivity index (χ3v) is 4.99. The van der Waals surface area contributed by atoms with Crippen LogP contribution in [0.4, 0.5) is 0 Å². The number of carboxylic acids is 1. The number of rotatable bonds is 4. The Morgan fingerprint density at radius 2 is 2.05 bits per heavy atom. The van der Waals surface area contributed by atoms with E-state index in [0.717, 1.165) is 25.7 Å². The number of hydrogen-bond donors (Lipinski definition) is 2. The summed E-state index contributed by atoms with van der Waals surface area (Å²) in [6, 6.07) is -0.251. The number of carboxylic acid groups (broad SMARTS) is 1. The maximum atomic E-state index is 12.4. The molecule has 0 aromatic carbocycles. The van der Waals surface area contributed by atoms with E-state index in [-0.39, 0.29) is 23.1 Å². The number of hydrogen-bond acceptors (Lipinski definition) is 4. The van der Waals surface area contributed by atoms with Crippen LogP contribution in [0.1, 0.15) is 67.5 Å². The van der Waals surface area contributed by atoms with Crippen LogP contribution in [0.5, 0.6) is 0 Å². The van der Waals surface area contributed by atoms with Crippen molar-refractivity contribution in [3.63, 3.8) is 0 Å². The number of aromatic carboxylic acids is 1. The number of nitrogens with one attached hydrogen (secondary N) is 1. The molecule has 0 saturated heterocycles. The molecule has 1 atom stereocenters. The second-order valence-corrected chi connectivity index (χ2v) is 6.58. The Balaban J connectivity index is 2.01. The largest absolute Gasteiger partial charge is 0.476 e. The van der Waals surface area contributed by atoms with Crippen LogP contribution in [0.2, 0.25) is 0 Å². The molecule has 0 spiro atoms. The average Bonchev–Trinajstić information content (AvgIpc) is 2.89. The summed E-state index contributed by atoms with van der Waals surface area (Å²) in [5, 5.41) is 14.0. The zero-order chi connectivity index (χ0) is 14.8. The van der Waals surface area contributed by atoms with Crippen LogP contribution in [0, 0.1) is 5.41 Å². The van der Waals surface area contributed by atoms with E-state index in [0.29, 0.717) is 5.01 Å². The predicted molar refractivity (Wildman–Crippen MR) is 76.8 cm³/mol. The second kappa shape index (κ2) is 5.91. The van der Waals surface area contributed by atoms with Gasteiger partial charge in [0.2, 0.25) is 5.91 Å². The third-order valence-electron chi connectivity index (χ3n) is 3.96. The minimum Gasteiger partial charge on any atom is -0.476 e. The first-order valence-corrected chi connectivity index (χ1v) is 7.80. The Kier molecular flexibility index (Phi) is 4.42. The van der Waals surface area contributed by atoms with Gasteiger partial charge in [-0.15, -0.1) is 11.3 Å². The topological polar surface area (TPSA) is 79.3 Å². The van der Waals surface area contributed by atoms with Gasteiger partial charge in [0.1, 0.15) is 5.01 Å². The van der Waals surface area contributed by atoms with Gasteiger partial charge in [-0.1, -0.05) is 26.2 Å². The Hall–Kier alpha value is -1.43. The number of aromatic nitrogens is 1. The molecule has 1 aliphatic carbocycles. The second-order valence-electron chi connectivity index (χ2n) is 5.69. The highest BCUT2D eigenvalue weighted by Crippen LogP contribution is 2.36. The minimum atomic E-state index is -1.04.